The van der Waals surface area contributed by atoms with Crippen LogP contribution < -0.4 is 19.5 Å². The number of nitrogens with zero attached hydrogens (tertiary/aromatic N) is 1. The number of ketones is 1. The van der Waals surface area contributed by atoms with Crippen molar-refractivity contribution in [1.82, 2.24) is 10.2 Å². The van der Waals surface area contributed by atoms with Gasteiger partial charge in [0.05, 0.1) is 14.2 Å². The molecule has 0 radical (unpaired) electrons. The summed E-state index contributed by atoms with van der Waals surface area (Å²) in [5.41, 5.74) is 0.728. The number of methoxy groups -OCH3 is 2. The summed E-state index contributed by atoms with van der Waals surface area (Å²) >= 11 is 5.91. The Morgan fingerprint density at radius 3 is 2.07 bits per heavy atom. The van der Waals surface area contributed by atoms with E-state index in [9.17, 15) is 14.4 Å². The lowest BCUT2D eigenvalue weighted by atomic mass is 10.0. The first-order valence-electron chi connectivity index (χ1n) is 13.7. The quantitative estimate of drug-likeness (QED) is 0.245. The highest BCUT2D eigenvalue weighted by molar-refractivity contribution is 6.30. The van der Waals surface area contributed by atoms with Gasteiger partial charge in [-0.15, -0.1) is 0 Å². The van der Waals surface area contributed by atoms with Gasteiger partial charge in [0.2, 0.25) is 5.91 Å². The molecule has 1 fully saturated rings. The molecule has 0 unspecified atom stereocenters. The number of rotatable bonds is 10. The molecule has 9 heteroatoms. The second kappa shape index (κ2) is 13.6. The minimum Gasteiger partial charge on any atom is -0.493 e. The smallest absolute Gasteiger partial charge is 0.263 e. The lowest BCUT2D eigenvalue weighted by molar-refractivity contribution is -0.135. The molecule has 1 N–H and O–H groups in total. The Bertz CT molecular complexity index is 1440. The standard InChI is InChI=1S/C33H35ClN2O6/c1-33(2,42-27-13-9-24(10-14-27)31(38)23-7-11-25(34)12-8-23)32(39)35-26-17-19-36(20-18-26)30(37)16-6-22-5-15-28(40-3)29(21-22)41-4/h5-16,21,26H,17-20H2,1-4H3,(H,35,39)/b16-6+. The Balaban J connectivity index is 1.26. The van der Waals surface area contributed by atoms with Crippen molar-refractivity contribution in [2.75, 3.05) is 27.3 Å². The van der Waals surface area contributed by atoms with Gasteiger partial charge in [0.15, 0.2) is 22.9 Å². The zero-order valence-corrected chi connectivity index (χ0v) is 24.9. The summed E-state index contributed by atoms with van der Waals surface area (Å²) in [6.07, 6.45) is 4.57. The van der Waals surface area contributed by atoms with Crippen LogP contribution in [0.4, 0.5) is 0 Å². The Morgan fingerprint density at radius 1 is 0.881 bits per heavy atom. The van der Waals surface area contributed by atoms with Gasteiger partial charge in [0.25, 0.3) is 5.91 Å². The van der Waals surface area contributed by atoms with E-state index in [2.05, 4.69) is 5.32 Å². The van der Waals surface area contributed by atoms with Crippen molar-refractivity contribution < 1.29 is 28.6 Å². The zero-order chi connectivity index (χ0) is 30.3. The maximum atomic E-state index is 13.1. The number of carbonyl (C=O) groups is 3. The molecule has 0 spiro atoms. The second-order valence-electron chi connectivity index (χ2n) is 10.5. The maximum Gasteiger partial charge on any atom is 0.263 e. The maximum absolute atomic E-state index is 13.1. The van der Waals surface area contributed by atoms with E-state index >= 15 is 0 Å². The highest BCUT2D eigenvalue weighted by atomic mass is 35.5. The average Bonchev–Trinajstić information content (AvgIpc) is 3.00. The molecule has 42 heavy (non-hydrogen) atoms. The molecule has 3 aromatic rings. The molecular formula is C33H35ClN2O6. The van der Waals surface area contributed by atoms with E-state index < -0.39 is 5.60 Å². The van der Waals surface area contributed by atoms with E-state index in [1.807, 2.05) is 12.1 Å². The number of carbonyl (C=O) groups excluding carboxylic acids is 3. The lowest BCUT2D eigenvalue weighted by Gasteiger charge is -2.34. The number of amides is 2. The van der Waals surface area contributed by atoms with Crippen molar-refractivity contribution >= 4 is 35.3 Å². The number of benzene rings is 3. The third-order valence-electron chi connectivity index (χ3n) is 7.11. The summed E-state index contributed by atoms with van der Waals surface area (Å²) in [6, 6.07) is 18.8. The van der Waals surface area contributed by atoms with Crippen molar-refractivity contribution in [3.63, 3.8) is 0 Å². The van der Waals surface area contributed by atoms with Crippen LogP contribution in [0.25, 0.3) is 6.08 Å². The van der Waals surface area contributed by atoms with Crippen LogP contribution in [-0.4, -0.2) is 61.4 Å². The van der Waals surface area contributed by atoms with Crippen molar-refractivity contribution in [3.05, 3.63) is 94.5 Å². The Hall–Kier alpha value is -4.30. The summed E-state index contributed by atoms with van der Waals surface area (Å²) in [4.78, 5) is 40.3. The lowest BCUT2D eigenvalue weighted by Crippen LogP contribution is -2.53. The number of ether oxygens (including phenoxy) is 3. The molecule has 0 saturated carbocycles. The van der Waals surface area contributed by atoms with E-state index in [0.717, 1.165) is 5.56 Å². The summed E-state index contributed by atoms with van der Waals surface area (Å²) in [5.74, 6) is 1.23. The van der Waals surface area contributed by atoms with Gasteiger partial charge < -0.3 is 24.4 Å². The van der Waals surface area contributed by atoms with Crippen molar-refractivity contribution in [2.24, 2.45) is 0 Å². The first-order valence-corrected chi connectivity index (χ1v) is 14.1. The molecule has 0 atom stereocenters. The van der Waals surface area contributed by atoms with Gasteiger partial charge in [-0.1, -0.05) is 17.7 Å². The topological polar surface area (TPSA) is 94.2 Å². The fourth-order valence-corrected chi connectivity index (χ4v) is 4.74. The Morgan fingerprint density at radius 2 is 1.48 bits per heavy atom. The fraction of sp³-hybridized carbons (Fsp3) is 0.303. The largest absolute Gasteiger partial charge is 0.493 e. The summed E-state index contributed by atoms with van der Waals surface area (Å²) in [5, 5.41) is 3.63. The van der Waals surface area contributed by atoms with Crippen LogP contribution in [0.15, 0.2) is 72.8 Å². The average molecular weight is 591 g/mol. The van der Waals surface area contributed by atoms with Gasteiger partial charge in [-0.3, -0.25) is 14.4 Å². The first-order chi connectivity index (χ1) is 20.1. The zero-order valence-electron chi connectivity index (χ0n) is 24.2. The molecular weight excluding hydrogens is 556 g/mol. The number of hydrogen-bond donors (Lipinski definition) is 1. The van der Waals surface area contributed by atoms with Crippen LogP contribution in [-0.2, 0) is 9.59 Å². The number of likely N-dealkylation sites (tertiary alicyclic amines) is 1. The van der Waals surface area contributed by atoms with Crippen molar-refractivity contribution in [3.8, 4) is 17.2 Å². The highest BCUT2D eigenvalue weighted by Gasteiger charge is 2.33. The van der Waals surface area contributed by atoms with Gasteiger partial charge >= 0.3 is 0 Å². The molecule has 0 aromatic heterocycles. The summed E-state index contributed by atoms with van der Waals surface area (Å²) < 4.78 is 16.6. The Kier molecular flexibility index (Phi) is 9.91. The van der Waals surface area contributed by atoms with Crippen LogP contribution in [0.3, 0.4) is 0 Å². The SMILES string of the molecule is COc1ccc(/C=C/C(=O)N2CCC(NC(=O)C(C)(C)Oc3ccc(C(=O)c4ccc(Cl)cc4)cc3)CC2)cc1OC. The van der Waals surface area contributed by atoms with E-state index in [1.54, 1.807) is 99.7 Å². The monoisotopic (exact) mass is 590 g/mol. The van der Waals surface area contributed by atoms with Gasteiger partial charge in [-0.2, -0.15) is 0 Å². The number of hydrogen-bond acceptors (Lipinski definition) is 6. The van der Waals surface area contributed by atoms with Crippen LogP contribution >= 0.6 is 11.6 Å². The molecule has 1 aliphatic heterocycles. The minimum atomic E-state index is -1.14. The number of piperidine rings is 1. The fourth-order valence-electron chi connectivity index (χ4n) is 4.62. The molecule has 0 bridgehead atoms. The highest BCUT2D eigenvalue weighted by Crippen LogP contribution is 2.28. The van der Waals surface area contributed by atoms with Gasteiger partial charge in [-0.05, 0) is 99.0 Å². The number of nitrogens with one attached hydrogen (secondary N) is 1. The molecule has 1 saturated heterocycles. The number of halogens is 1. The summed E-state index contributed by atoms with van der Waals surface area (Å²) in [6.45, 7) is 4.47. The molecule has 2 amide bonds. The van der Waals surface area contributed by atoms with E-state index in [-0.39, 0.29) is 23.6 Å². The van der Waals surface area contributed by atoms with Crippen LogP contribution in [0, 0.1) is 0 Å². The third-order valence-corrected chi connectivity index (χ3v) is 7.36. The van der Waals surface area contributed by atoms with E-state index in [0.29, 0.717) is 59.3 Å². The molecule has 1 aliphatic rings. The van der Waals surface area contributed by atoms with Crippen LogP contribution in [0.2, 0.25) is 5.02 Å². The van der Waals surface area contributed by atoms with Crippen LogP contribution in [0.5, 0.6) is 17.2 Å². The van der Waals surface area contributed by atoms with E-state index in [1.165, 1.54) is 0 Å². The van der Waals surface area contributed by atoms with Crippen molar-refractivity contribution in [2.45, 2.75) is 38.3 Å². The molecule has 1 heterocycles. The molecule has 8 nitrogen and oxygen atoms in total. The van der Waals surface area contributed by atoms with Gasteiger partial charge in [-0.25, -0.2) is 0 Å². The predicted molar refractivity (Wildman–Crippen MR) is 162 cm³/mol. The predicted octanol–water partition coefficient (Wildman–Crippen LogP) is 5.57. The summed E-state index contributed by atoms with van der Waals surface area (Å²) in [7, 11) is 3.14. The molecule has 0 aliphatic carbocycles. The van der Waals surface area contributed by atoms with Gasteiger partial charge in [0.1, 0.15) is 5.75 Å². The molecule has 3 aromatic carbocycles. The van der Waals surface area contributed by atoms with Gasteiger partial charge in [0, 0.05) is 41.4 Å². The third kappa shape index (κ3) is 7.70. The van der Waals surface area contributed by atoms with Crippen LogP contribution in [0.1, 0.15) is 48.2 Å². The minimum absolute atomic E-state index is 0.0707. The molecule has 220 valence electrons. The molecule has 4 rings (SSSR count). The van der Waals surface area contributed by atoms with Crippen molar-refractivity contribution in [1.29, 1.82) is 0 Å². The van der Waals surface area contributed by atoms with E-state index in [4.69, 9.17) is 25.8 Å². The second-order valence-corrected chi connectivity index (χ2v) is 10.9. The normalized spacial score (nSPS) is 14.0. The first kappa shape index (κ1) is 30.7. The Labute approximate surface area is 251 Å².